The van der Waals surface area contributed by atoms with E-state index >= 15 is 0 Å². The summed E-state index contributed by atoms with van der Waals surface area (Å²) < 4.78 is 5.49. The van der Waals surface area contributed by atoms with Crippen LogP contribution in [0.25, 0.3) is 0 Å². The minimum atomic E-state index is -0.576. The van der Waals surface area contributed by atoms with Crippen molar-refractivity contribution >= 4 is 5.97 Å². The smallest absolute Gasteiger partial charge is 0.309 e. The summed E-state index contributed by atoms with van der Waals surface area (Å²) in [6.07, 6.45) is 11.2. The molecule has 1 fully saturated rings. The van der Waals surface area contributed by atoms with Crippen LogP contribution in [0.3, 0.4) is 0 Å². The first-order valence-electron chi connectivity index (χ1n) is 7.97. The van der Waals surface area contributed by atoms with Gasteiger partial charge in [-0.15, -0.1) is 0 Å². The summed E-state index contributed by atoms with van der Waals surface area (Å²) in [5, 5.41) is 9.54. The molecule has 1 rings (SSSR count). The average molecular weight is 270 g/mol. The van der Waals surface area contributed by atoms with Crippen molar-refractivity contribution in [3.63, 3.8) is 0 Å². The van der Waals surface area contributed by atoms with Gasteiger partial charge in [-0.2, -0.15) is 0 Å². The Morgan fingerprint density at radius 1 is 1.21 bits per heavy atom. The molecular formula is C16H30O3. The fourth-order valence-corrected chi connectivity index (χ4v) is 2.73. The molecule has 0 aromatic carbocycles. The van der Waals surface area contributed by atoms with E-state index in [1.165, 1.54) is 38.5 Å². The fourth-order valence-electron chi connectivity index (χ4n) is 2.73. The van der Waals surface area contributed by atoms with Crippen LogP contribution in [0.4, 0.5) is 0 Å². The normalized spacial score (nSPS) is 27.3. The third-order valence-electron chi connectivity index (χ3n) is 4.28. The first-order chi connectivity index (χ1) is 9.13. The van der Waals surface area contributed by atoms with Crippen molar-refractivity contribution in [1.82, 2.24) is 0 Å². The van der Waals surface area contributed by atoms with Gasteiger partial charge in [-0.25, -0.2) is 0 Å². The summed E-state index contributed by atoms with van der Waals surface area (Å²) in [7, 11) is 0. The van der Waals surface area contributed by atoms with Gasteiger partial charge in [-0.05, 0) is 25.7 Å². The summed E-state index contributed by atoms with van der Waals surface area (Å²) in [4.78, 5) is 11.6. The molecule has 0 aromatic rings. The SMILES string of the molecule is CCCCCCCCC[C@@]1(CO)CC[C@@H](C)C(=O)O1. The Bertz CT molecular complexity index is 265. The molecule has 1 aliphatic rings. The Labute approximate surface area is 117 Å². The minimum Gasteiger partial charge on any atom is -0.456 e. The Hall–Kier alpha value is -0.570. The second-order valence-electron chi connectivity index (χ2n) is 6.07. The van der Waals surface area contributed by atoms with Crippen molar-refractivity contribution in [2.24, 2.45) is 5.92 Å². The second kappa shape index (κ2) is 8.57. The van der Waals surface area contributed by atoms with Crippen LogP contribution in [0.15, 0.2) is 0 Å². The highest BCUT2D eigenvalue weighted by atomic mass is 16.6. The van der Waals surface area contributed by atoms with Crippen LogP contribution >= 0.6 is 0 Å². The molecule has 0 aliphatic carbocycles. The van der Waals surface area contributed by atoms with Crippen LogP contribution in [0, 0.1) is 5.92 Å². The summed E-state index contributed by atoms with van der Waals surface area (Å²) in [6, 6.07) is 0. The quantitative estimate of drug-likeness (QED) is 0.511. The standard InChI is InChI=1S/C16H30O3/c1-3-4-5-6-7-8-9-11-16(13-17)12-10-14(2)15(18)19-16/h14,17H,3-13H2,1-2H3/t14-,16+/m1/s1. The maximum Gasteiger partial charge on any atom is 0.309 e. The van der Waals surface area contributed by atoms with E-state index in [9.17, 15) is 9.90 Å². The molecule has 3 nitrogen and oxygen atoms in total. The molecule has 0 bridgehead atoms. The van der Waals surface area contributed by atoms with Gasteiger partial charge in [0.25, 0.3) is 0 Å². The molecule has 1 aliphatic heterocycles. The molecule has 0 aromatic heterocycles. The fraction of sp³-hybridized carbons (Fsp3) is 0.938. The van der Waals surface area contributed by atoms with Gasteiger partial charge in [0.05, 0.1) is 12.5 Å². The van der Waals surface area contributed by atoms with E-state index in [1.54, 1.807) is 0 Å². The number of rotatable bonds is 9. The van der Waals surface area contributed by atoms with Crippen LogP contribution in [0.1, 0.15) is 78.1 Å². The van der Waals surface area contributed by atoms with Gasteiger partial charge in [0.1, 0.15) is 5.60 Å². The maximum atomic E-state index is 11.6. The molecule has 0 amide bonds. The van der Waals surface area contributed by atoms with Crippen LogP contribution < -0.4 is 0 Å². The monoisotopic (exact) mass is 270 g/mol. The summed E-state index contributed by atoms with van der Waals surface area (Å²) in [5.74, 6) is -0.142. The molecule has 3 heteroatoms. The highest BCUT2D eigenvalue weighted by Gasteiger charge is 2.39. The zero-order valence-corrected chi connectivity index (χ0v) is 12.6. The van der Waals surface area contributed by atoms with E-state index in [4.69, 9.17) is 4.74 Å². The third kappa shape index (κ3) is 5.52. The Morgan fingerprint density at radius 2 is 1.84 bits per heavy atom. The minimum absolute atomic E-state index is 0.00582. The maximum absolute atomic E-state index is 11.6. The molecular weight excluding hydrogens is 240 g/mol. The molecule has 0 unspecified atom stereocenters. The lowest BCUT2D eigenvalue weighted by molar-refractivity contribution is -0.180. The van der Waals surface area contributed by atoms with Gasteiger partial charge in [0.2, 0.25) is 0 Å². The Balaban J connectivity index is 2.20. The van der Waals surface area contributed by atoms with Crippen LogP contribution in [0.5, 0.6) is 0 Å². The highest BCUT2D eigenvalue weighted by molar-refractivity contribution is 5.73. The van der Waals surface area contributed by atoms with Crippen molar-refractivity contribution < 1.29 is 14.6 Å². The molecule has 0 spiro atoms. The summed E-state index contributed by atoms with van der Waals surface area (Å²) >= 11 is 0. The van der Waals surface area contributed by atoms with Gasteiger partial charge in [0, 0.05) is 0 Å². The van der Waals surface area contributed by atoms with Gasteiger partial charge in [-0.3, -0.25) is 4.79 Å². The summed E-state index contributed by atoms with van der Waals surface area (Å²) in [6.45, 7) is 4.10. The van der Waals surface area contributed by atoms with Crippen molar-refractivity contribution in [2.75, 3.05) is 6.61 Å². The van der Waals surface area contributed by atoms with E-state index in [0.29, 0.717) is 0 Å². The Kier molecular flexibility index (Phi) is 7.44. The molecule has 1 heterocycles. The molecule has 19 heavy (non-hydrogen) atoms. The lowest BCUT2D eigenvalue weighted by Crippen LogP contribution is -2.44. The van der Waals surface area contributed by atoms with Crippen molar-refractivity contribution in [3.8, 4) is 0 Å². The van der Waals surface area contributed by atoms with Crippen LogP contribution in [-0.4, -0.2) is 23.3 Å². The van der Waals surface area contributed by atoms with E-state index in [0.717, 1.165) is 25.7 Å². The zero-order chi connectivity index (χ0) is 14.1. The second-order valence-corrected chi connectivity index (χ2v) is 6.07. The number of unbranched alkanes of at least 4 members (excludes halogenated alkanes) is 6. The number of ether oxygens (including phenoxy) is 1. The van der Waals surface area contributed by atoms with Crippen LogP contribution in [0.2, 0.25) is 0 Å². The molecule has 1 saturated heterocycles. The van der Waals surface area contributed by atoms with Crippen molar-refractivity contribution in [1.29, 1.82) is 0 Å². The average Bonchev–Trinajstić information content (AvgIpc) is 2.42. The number of hydrogen-bond acceptors (Lipinski definition) is 3. The summed E-state index contributed by atoms with van der Waals surface area (Å²) in [5.41, 5.74) is -0.576. The van der Waals surface area contributed by atoms with E-state index in [1.807, 2.05) is 6.92 Å². The molecule has 2 atom stereocenters. The number of esters is 1. The van der Waals surface area contributed by atoms with Gasteiger partial charge >= 0.3 is 5.97 Å². The number of aliphatic hydroxyl groups is 1. The van der Waals surface area contributed by atoms with Crippen LogP contribution in [-0.2, 0) is 9.53 Å². The number of carbonyl (C=O) groups excluding carboxylic acids is 1. The molecule has 1 N–H and O–H groups in total. The number of carbonyl (C=O) groups is 1. The zero-order valence-electron chi connectivity index (χ0n) is 12.6. The third-order valence-corrected chi connectivity index (χ3v) is 4.28. The van der Waals surface area contributed by atoms with E-state index < -0.39 is 5.60 Å². The lowest BCUT2D eigenvalue weighted by Gasteiger charge is -2.37. The van der Waals surface area contributed by atoms with Gasteiger partial charge < -0.3 is 9.84 Å². The Morgan fingerprint density at radius 3 is 2.42 bits per heavy atom. The van der Waals surface area contributed by atoms with E-state index in [2.05, 4.69) is 6.92 Å². The number of hydrogen-bond donors (Lipinski definition) is 1. The molecule has 112 valence electrons. The predicted octanol–water partition coefficient (Wildman–Crippen LogP) is 3.83. The van der Waals surface area contributed by atoms with E-state index in [-0.39, 0.29) is 18.5 Å². The van der Waals surface area contributed by atoms with Gasteiger partial charge in [0.15, 0.2) is 0 Å². The first-order valence-corrected chi connectivity index (χ1v) is 7.97. The highest BCUT2D eigenvalue weighted by Crippen LogP contribution is 2.33. The predicted molar refractivity (Wildman–Crippen MR) is 76.9 cm³/mol. The topological polar surface area (TPSA) is 46.5 Å². The number of cyclic esters (lactones) is 1. The number of aliphatic hydroxyl groups excluding tert-OH is 1. The first kappa shape index (κ1) is 16.5. The molecule has 0 radical (unpaired) electrons. The van der Waals surface area contributed by atoms with Crippen molar-refractivity contribution in [2.45, 2.75) is 83.7 Å². The molecule has 0 saturated carbocycles. The van der Waals surface area contributed by atoms with Gasteiger partial charge in [-0.1, -0.05) is 52.4 Å². The lowest BCUT2D eigenvalue weighted by atomic mass is 9.85. The van der Waals surface area contributed by atoms with Crippen molar-refractivity contribution in [3.05, 3.63) is 0 Å². The largest absolute Gasteiger partial charge is 0.456 e.